The Hall–Kier alpha value is -5.27. The molecule has 0 atom stereocenters. The number of piperazine rings is 2. The Kier molecular flexibility index (Phi) is 8.28. The number of rotatable bonds is 6. The number of fused-ring (bicyclic) bond motifs is 9. The SMILES string of the molecule is O=C1c2cc(S(=O)(=O)N3CCN(C4c5ccccc5-c5ccccc54)CC3)ccc2-c2ccc(S(=O)(=O)N3CCN(C4c5ccccc5-c5ccccc54)CC3)cc21. The van der Waals surface area contributed by atoms with Crippen molar-refractivity contribution in [3.63, 3.8) is 0 Å². The summed E-state index contributed by atoms with van der Waals surface area (Å²) >= 11 is 0. The number of sulfonamides is 2. The molecule has 11 rings (SSSR count). The van der Waals surface area contributed by atoms with Crippen molar-refractivity contribution < 1.29 is 21.6 Å². The van der Waals surface area contributed by atoms with E-state index in [0.717, 1.165) is 0 Å². The van der Waals surface area contributed by atoms with Crippen LogP contribution in [0.15, 0.2) is 143 Å². The highest BCUT2D eigenvalue weighted by Crippen LogP contribution is 2.48. The Labute approximate surface area is 338 Å². The summed E-state index contributed by atoms with van der Waals surface area (Å²) in [4.78, 5) is 18.8. The maximum atomic E-state index is 14.1. The molecular weight excluding hydrogens is 765 g/mol. The van der Waals surface area contributed by atoms with Crippen molar-refractivity contribution in [3.05, 3.63) is 167 Å². The molecule has 0 spiro atoms. The molecule has 58 heavy (non-hydrogen) atoms. The molecule has 6 aromatic rings. The minimum absolute atomic E-state index is 0.0654. The zero-order chi connectivity index (χ0) is 39.3. The van der Waals surface area contributed by atoms with Gasteiger partial charge in [0.1, 0.15) is 0 Å². The highest BCUT2D eigenvalue weighted by molar-refractivity contribution is 7.89. The van der Waals surface area contributed by atoms with Crippen molar-refractivity contribution in [2.45, 2.75) is 21.9 Å². The van der Waals surface area contributed by atoms with Crippen LogP contribution in [-0.4, -0.2) is 93.4 Å². The molecular formula is C47H40N4O5S2. The number of hydrogen-bond acceptors (Lipinski definition) is 7. The fourth-order valence-corrected chi connectivity index (χ4v) is 13.0. The molecule has 0 radical (unpaired) electrons. The van der Waals surface area contributed by atoms with Gasteiger partial charge in [0, 0.05) is 63.5 Å². The first kappa shape index (κ1) is 35.9. The number of benzene rings is 6. The van der Waals surface area contributed by atoms with Gasteiger partial charge < -0.3 is 0 Å². The Morgan fingerprint density at radius 2 is 0.672 bits per heavy atom. The second kappa shape index (κ2) is 13.4. The third-order valence-electron chi connectivity index (χ3n) is 12.9. The van der Waals surface area contributed by atoms with Crippen LogP contribution in [0.2, 0.25) is 0 Å². The molecule has 9 nitrogen and oxygen atoms in total. The first-order valence-electron chi connectivity index (χ1n) is 19.9. The first-order chi connectivity index (χ1) is 28.2. The van der Waals surface area contributed by atoms with Crippen LogP contribution in [0.4, 0.5) is 0 Å². The summed E-state index contributed by atoms with van der Waals surface area (Å²) in [5.41, 5.74) is 11.6. The van der Waals surface area contributed by atoms with Crippen LogP contribution in [0.3, 0.4) is 0 Å². The van der Waals surface area contributed by atoms with E-state index >= 15 is 0 Å². The molecule has 290 valence electrons. The topological polar surface area (TPSA) is 98.3 Å². The van der Waals surface area contributed by atoms with Gasteiger partial charge in [-0.2, -0.15) is 8.61 Å². The number of carbonyl (C=O) groups excluding carboxylic acids is 1. The molecule has 0 amide bonds. The van der Waals surface area contributed by atoms with Gasteiger partial charge in [-0.25, -0.2) is 16.8 Å². The van der Waals surface area contributed by atoms with E-state index in [0.29, 0.717) is 63.5 Å². The van der Waals surface area contributed by atoms with E-state index < -0.39 is 20.0 Å². The van der Waals surface area contributed by atoms with Crippen molar-refractivity contribution >= 4 is 25.8 Å². The number of hydrogen-bond donors (Lipinski definition) is 0. The van der Waals surface area contributed by atoms with Crippen molar-refractivity contribution in [1.29, 1.82) is 0 Å². The van der Waals surface area contributed by atoms with Gasteiger partial charge >= 0.3 is 0 Å². The smallest absolute Gasteiger partial charge is 0.243 e. The Morgan fingerprint density at radius 1 is 0.362 bits per heavy atom. The summed E-state index contributed by atoms with van der Waals surface area (Å²) in [6, 6.07) is 43.3. The normalized spacial score (nSPS) is 18.7. The van der Waals surface area contributed by atoms with Crippen molar-refractivity contribution in [3.8, 4) is 33.4 Å². The lowest BCUT2D eigenvalue weighted by Gasteiger charge is -2.38. The van der Waals surface area contributed by atoms with Gasteiger partial charge in [0.15, 0.2) is 5.78 Å². The van der Waals surface area contributed by atoms with E-state index in [1.54, 1.807) is 24.3 Å². The van der Waals surface area contributed by atoms with Gasteiger partial charge in [0.25, 0.3) is 0 Å². The monoisotopic (exact) mass is 804 g/mol. The predicted octanol–water partition coefficient (Wildman–Crippen LogP) is 7.05. The Balaban J connectivity index is 0.790. The lowest BCUT2D eigenvalue weighted by atomic mass is 10.0. The van der Waals surface area contributed by atoms with Gasteiger partial charge in [0.2, 0.25) is 20.0 Å². The zero-order valence-corrected chi connectivity index (χ0v) is 33.3. The lowest BCUT2D eigenvalue weighted by Crippen LogP contribution is -2.49. The van der Waals surface area contributed by atoms with Gasteiger partial charge in [0.05, 0.1) is 21.9 Å². The fraction of sp³-hybridized carbons (Fsp3) is 0.213. The van der Waals surface area contributed by atoms with Crippen LogP contribution in [0, 0.1) is 0 Å². The third kappa shape index (κ3) is 5.38. The molecule has 2 aliphatic heterocycles. The van der Waals surface area contributed by atoms with Crippen molar-refractivity contribution in [2.24, 2.45) is 0 Å². The molecule has 0 unspecified atom stereocenters. The van der Waals surface area contributed by atoms with Crippen LogP contribution >= 0.6 is 0 Å². The van der Waals surface area contributed by atoms with E-state index in [-0.39, 0.29) is 38.8 Å². The van der Waals surface area contributed by atoms with Crippen molar-refractivity contribution in [2.75, 3.05) is 52.4 Å². The van der Waals surface area contributed by atoms with E-state index in [9.17, 15) is 21.6 Å². The van der Waals surface area contributed by atoms with Crippen LogP contribution in [0.25, 0.3) is 33.4 Å². The van der Waals surface area contributed by atoms with Gasteiger partial charge in [-0.15, -0.1) is 0 Å². The van der Waals surface area contributed by atoms with Crippen LogP contribution in [-0.2, 0) is 20.0 Å². The van der Waals surface area contributed by atoms with Gasteiger partial charge in [-0.3, -0.25) is 14.6 Å². The van der Waals surface area contributed by atoms with Crippen LogP contribution in [0.5, 0.6) is 0 Å². The molecule has 0 aromatic heterocycles. The molecule has 0 N–H and O–H groups in total. The van der Waals surface area contributed by atoms with Gasteiger partial charge in [-0.05, 0) is 79.9 Å². The minimum atomic E-state index is -3.90. The molecule has 2 fully saturated rings. The van der Waals surface area contributed by atoms with E-state index in [1.165, 1.54) is 65.3 Å². The second-order valence-corrected chi connectivity index (χ2v) is 19.7. The highest BCUT2D eigenvalue weighted by Gasteiger charge is 2.40. The number of ketones is 1. The summed E-state index contributed by atoms with van der Waals surface area (Å²) in [5.74, 6) is -0.370. The molecule has 6 aromatic carbocycles. The maximum absolute atomic E-state index is 14.1. The summed E-state index contributed by atoms with van der Waals surface area (Å²) in [7, 11) is -7.81. The zero-order valence-electron chi connectivity index (χ0n) is 31.7. The molecule has 2 heterocycles. The van der Waals surface area contributed by atoms with Crippen LogP contribution in [0.1, 0.15) is 50.3 Å². The lowest BCUT2D eigenvalue weighted by molar-refractivity contribution is 0.104. The third-order valence-corrected chi connectivity index (χ3v) is 16.7. The average Bonchev–Trinajstić information content (AvgIpc) is 3.89. The second-order valence-electron chi connectivity index (χ2n) is 15.8. The molecule has 0 bridgehead atoms. The summed E-state index contributed by atoms with van der Waals surface area (Å²) in [5, 5.41) is 0. The van der Waals surface area contributed by atoms with Gasteiger partial charge in [-0.1, -0.05) is 109 Å². The molecule has 5 aliphatic rings. The molecule has 0 saturated carbocycles. The molecule has 3 aliphatic carbocycles. The Bertz CT molecular complexity index is 2630. The predicted molar refractivity (Wildman–Crippen MR) is 223 cm³/mol. The van der Waals surface area contributed by atoms with E-state index in [4.69, 9.17) is 0 Å². The summed E-state index contributed by atoms with van der Waals surface area (Å²) in [6.07, 6.45) is 0. The summed E-state index contributed by atoms with van der Waals surface area (Å²) < 4.78 is 59.4. The highest BCUT2D eigenvalue weighted by atomic mass is 32.2. The fourth-order valence-electron chi connectivity index (χ4n) is 10.1. The largest absolute Gasteiger partial charge is 0.290 e. The number of nitrogens with zero attached hydrogens (tertiary/aromatic N) is 4. The summed E-state index contributed by atoms with van der Waals surface area (Å²) in [6.45, 7) is 3.56. The van der Waals surface area contributed by atoms with Crippen molar-refractivity contribution in [1.82, 2.24) is 18.4 Å². The molecule has 2 saturated heterocycles. The van der Waals surface area contributed by atoms with E-state index in [2.05, 4.69) is 107 Å². The maximum Gasteiger partial charge on any atom is 0.243 e. The number of carbonyl (C=O) groups is 1. The molecule has 11 heteroatoms. The van der Waals surface area contributed by atoms with Crippen LogP contribution < -0.4 is 0 Å². The standard InChI is InChI=1S/C47H40N4O5S2/c52-47-43-29-31(57(53,54)50-25-21-48(22-26-50)45-39-13-5-1-9-33(39)34-10-2-6-14-40(34)45)17-19-37(43)38-20-18-32(30-44(38)47)58(55,56)51-27-23-49(24-28-51)46-41-15-7-3-11-35(41)36-12-4-8-16-42(36)46/h1-20,29-30,45-46H,21-28H2. The first-order valence-corrected chi connectivity index (χ1v) is 22.8. The average molecular weight is 805 g/mol. The minimum Gasteiger partial charge on any atom is -0.290 e. The Morgan fingerprint density at radius 3 is 1.00 bits per heavy atom. The quantitative estimate of drug-likeness (QED) is 0.178. The van der Waals surface area contributed by atoms with E-state index in [1.807, 2.05) is 0 Å².